The van der Waals surface area contributed by atoms with Crippen molar-refractivity contribution in [3.05, 3.63) is 40.1 Å². The van der Waals surface area contributed by atoms with Crippen LogP contribution in [0.5, 0.6) is 0 Å². The molecule has 0 aliphatic heterocycles. The summed E-state index contributed by atoms with van der Waals surface area (Å²) in [6.45, 7) is 0.432. The SMILES string of the molecule is Cl.NCCc1nc(C(=O)Nc2ccc(F)c(S(=O)(=O)NC3CC3)c2)cs1. The molecule has 1 aliphatic carbocycles. The molecule has 3 rings (SSSR count). The lowest BCUT2D eigenvalue weighted by atomic mass is 10.3. The largest absolute Gasteiger partial charge is 0.330 e. The number of anilines is 1. The average molecular weight is 421 g/mol. The fourth-order valence-corrected chi connectivity index (χ4v) is 4.32. The first-order valence-corrected chi connectivity index (χ1v) is 10.0. The first-order valence-electron chi connectivity index (χ1n) is 7.67. The minimum absolute atomic E-state index is 0. The summed E-state index contributed by atoms with van der Waals surface area (Å²) in [7, 11) is -3.96. The Morgan fingerprint density at radius 3 is 2.77 bits per heavy atom. The normalized spacial score (nSPS) is 13.9. The Bertz CT molecular complexity index is 900. The van der Waals surface area contributed by atoms with Crippen LogP contribution in [0.2, 0.25) is 0 Å². The lowest BCUT2D eigenvalue weighted by molar-refractivity contribution is 0.102. The highest BCUT2D eigenvalue weighted by molar-refractivity contribution is 7.89. The Kier molecular flexibility index (Phi) is 6.69. The highest BCUT2D eigenvalue weighted by Crippen LogP contribution is 2.25. The maximum Gasteiger partial charge on any atom is 0.275 e. The van der Waals surface area contributed by atoms with Crippen LogP contribution >= 0.6 is 23.7 Å². The zero-order chi connectivity index (χ0) is 18.0. The maximum atomic E-state index is 13.9. The number of thiazole rings is 1. The van der Waals surface area contributed by atoms with Gasteiger partial charge in [0.25, 0.3) is 5.91 Å². The van der Waals surface area contributed by atoms with E-state index in [0.717, 1.165) is 30.0 Å². The Morgan fingerprint density at radius 1 is 1.38 bits per heavy atom. The quantitative estimate of drug-likeness (QED) is 0.632. The minimum Gasteiger partial charge on any atom is -0.330 e. The molecular weight excluding hydrogens is 403 g/mol. The van der Waals surface area contributed by atoms with Gasteiger partial charge in [-0.15, -0.1) is 23.7 Å². The van der Waals surface area contributed by atoms with E-state index >= 15 is 0 Å². The standard InChI is InChI=1S/C15H17FN4O3S2.ClH/c16-11-4-3-10(7-13(11)25(22,23)20-9-1-2-9)18-15(21)12-8-24-14(19-12)5-6-17;/h3-4,7-9,20H,1-2,5-6,17H2,(H,18,21);1H. The molecule has 0 radical (unpaired) electrons. The topological polar surface area (TPSA) is 114 Å². The van der Waals surface area contributed by atoms with Crippen molar-refractivity contribution >= 4 is 45.4 Å². The Morgan fingerprint density at radius 2 is 2.12 bits per heavy atom. The Labute approximate surface area is 160 Å². The molecule has 4 N–H and O–H groups in total. The number of nitrogens with two attached hydrogens (primary N) is 1. The first-order chi connectivity index (χ1) is 11.9. The van der Waals surface area contributed by atoms with Gasteiger partial charge in [-0.05, 0) is 37.6 Å². The van der Waals surface area contributed by atoms with Crippen molar-refractivity contribution in [2.75, 3.05) is 11.9 Å². The molecule has 26 heavy (non-hydrogen) atoms. The van der Waals surface area contributed by atoms with Crippen LogP contribution in [0.3, 0.4) is 0 Å². The second-order valence-electron chi connectivity index (χ2n) is 5.66. The van der Waals surface area contributed by atoms with Crippen LogP contribution in [0.1, 0.15) is 28.3 Å². The number of carbonyl (C=O) groups is 1. The van der Waals surface area contributed by atoms with Gasteiger partial charge in [0.1, 0.15) is 16.4 Å². The number of hydrogen-bond donors (Lipinski definition) is 3. The maximum absolute atomic E-state index is 13.9. The molecule has 0 bridgehead atoms. The van der Waals surface area contributed by atoms with Gasteiger partial charge >= 0.3 is 0 Å². The van der Waals surface area contributed by atoms with E-state index in [0.29, 0.717) is 13.0 Å². The van der Waals surface area contributed by atoms with E-state index in [-0.39, 0.29) is 29.8 Å². The molecule has 11 heteroatoms. The molecule has 1 fully saturated rings. The Hall–Kier alpha value is -1.59. The van der Waals surface area contributed by atoms with Crippen molar-refractivity contribution in [1.82, 2.24) is 9.71 Å². The van der Waals surface area contributed by atoms with Crippen molar-refractivity contribution in [3.8, 4) is 0 Å². The average Bonchev–Trinajstić information content (AvgIpc) is 3.22. The number of benzene rings is 1. The molecule has 1 aromatic heterocycles. The number of nitrogens with one attached hydrogen (secondary N) is 2. The number of aromatic nitrogens is 1. The third-order valence-electron chi connectivity index (χ3n) is 3.52. The summed E-state index contributed by atoms with van der Waals surface area (Å²) in [5, 5.41) is 4.87. The van der Waals surface area contributed by atoms with E-state index < -0.39 is 26.6 Å². The van der Waals surface area contributed by atoms with Crippen molar-refractivity contribution in [2.24, 2.45) is 5.73 Å². The molecule has 0 saturated heterocycles. The van der Waals surface area contributed by atoms with Crippen molar-refractivity contribution in [1.29, 1.82) is 0 Å². The summed E-state index contributed by atoms with van der Waals surface area (Å²) < 4.78 is 40.7. The van der Waals surface area contributed by atoms with Gasteiger partial charge < -0.3 is 11.1 Å². The van der Waals surface area contributed by atoms with Gasteiger partial charge in [-0.25, -0.2) is 22.5 Å². The second kappa shape index (κ2) is 8.40. The number of halogens is 2. The lowest BCUT2D eigenvalue weighted by Gasteiger charge is -2.09. The van der Waals surface area contributed by atoms with Gasteiger partial charge in [0.05, 0.1) is 5.01 Å². The molecule has 0 unspecified atom stereocenters. The van der Waals surface area contributed by atoms with Crippen LogP contribution in [0, 0.1) is 5.82 Å². The highest BCUT2D eigenvalue weighted by Gasteiger charge is 2.30. The number of sulfonamides is 1. The molecule has 0 atom stereocenters. The zero-order valence-corrected chi connectivity index (χ0v) is 16.0. The van der Waals surface area contributed by atoms with Crippen LogP contribution in [-0.4, -0.2) is 31.9 Å². The molecule has 142 valence electrons. The molecule has 0 spiro atoms. The van der Waals surface area contributed by atoms with E-state index in [1.807, 2.05) is 0 Å². The number of carbonyl (C=O) groups excluding carboxylic acids is 1. The molecule has 1 heterocycles. The molecule has 1 aliphatic rings. The molecule has 1 aromatic carbocycles. The van der Waals surface area contributed by atoms with E-state index in [2.05, 4.69) is 15.0 Å². The van der Waals surface area contributed by atoms with Gasteiger partial charge in [-0.2, -0.15) is 0 Å². The summed E-state index contributed by atoms with van der Waals surface area (Å²) in [6, 6.07) is 3.28. The van der Waals surface area contributed by atoms with Gasteiger partial charge in [-0.3, -0.25) is 4.79 Å². The zero-order valence-electron chi connectivity index (χ0n) is 13.6. The predicted molar refractivity (Wildman–Crippen MR) is 99.8 cm³/mol. The minimum atomic E-state index is -3.96. The van der Waals surface area contributed by atoms with Crippen LogP contribution < -0.4 is 15.8 Å². The van der Waals surface area contributed by atoms with E-state index in [4.69, 9.17) is 5.73 Å². The number of hydrogen-bond acceptors (Lipinski definition) is 6. The van der Waals surface area contributed by atoms with Crippen LogP contribution in [0.4, 0.5) is 10.1 Å². The van der Waals surface area contributed by atoms with Gasteiger partial charge in [0, 0.05) is 23.5 Å². The molecule has 7 nitrogen and oxygen atoms in total. The summed E-state index contributed by atoms with van der Waals surface area (Å²) in [5.74, 6) is -1.37. The monoisotopic (exact) mass is 420 g/mol. The second-order valence-corrected chi connectivity index (χ2v) is 8.29. The van der Waals surface area contributed by atoms with Crippen LogP contribution in [-0.2, 0) is 16.4 Å². The summed E-state index contributed by atoms with van der Waals surface area (Å²) >= 11 is 1.32. The summed E-state index contributed by atoms with van der Waals surface area (Å²) in [4.78, 5) is 15.9. The van der Waals surface area contributed by atoms with Crippen molar-refractivity contribution in [2.45, 2.75) is 30.2 Å². The molecular formula is C15H18ClFN4O3S2. The number of rotatable bonds is 7. The van der Waals surface area contributed by atoms with Gasteiger partial charge in [0.2, 0.25) is 10.0 Å². The number of amides is 1. The molecule has 2 aromatic rings. The van der Waals surface area contributed by atoms with Crippen molar-refractivity contribution < 1.29 is 17.6 Å². The summed E-state index contributed by atoms with van der Waals surface area (Å²) in [6.07, 6.45) is 2.06. The first kappa shape index (κ1) is 20.7. The fourth-order valence-electron chi connectivity index (χ4n) is 2.12. The van der Waals surface area contributed by atoms with E-state index in [1.165, 1.54) is 17.4 Å². The lowest BCUT2D eigenvalue weighted by Crippen LogP contribution is -2.26. The van der Waals surface area contributed by atoms with E-state index in [1.54, 1.807) is 5.38 Å². The molecule has 1 saturated carbocycles. The predicted octanol–water partition coefficient (Wildman–Crippen LogP) is 1.90. The van der Waals surface area contributed by atoms with Crippen molar-refractivity contribution in [3.63, 3.8) is 0 Å². The summed E-state index contributed by atoms with van der Waals surface area (Å²) in [5.41, 5.74) is 5.83. The molecule has 1 amide bonds. The third kappa shape index (κ3) is 4.98. The van der Waals surface area contributed by atoms with Gasteiger partial charge in [-0.1, -0.05) is 0 Å². The van der Waals surface area contributed by atoms with Gasteiger partial charge in [0.15, 0.2) is 0 Å². The van der Waals surface area contributed by atoms with Crippen LogP contribution in [0.15, 0.2) is 28.5 Å². The number of nitrogens with zero attached hydrogens (tertiary/aromatic N) is 1. The Balaban J connectivity index is 0.00000243. The highest BCUT2D eigenvalue weighted by atomic mass is 35.5. The fraction of sp³-hybridized carbons (Fsp3) is 0.333. The van der Waals surface area contributed by atoms with E-state index in [9.17, 15) is 17.6 Å². The van der Waals surface area contributed by atoms with Crippen LogP contribution in [0.25, 0.3) is 0 Å². The smallest absolute Gasteiger partial charge is 0.275 e. The third-order valence-corrected chi connectivity index (χ3v) is 5.96.